The SMILES string of the molecule is Cc1cccc2[nH]c(CN=C(N)NC3CC3)nc12.I. The Morgan fingerprint density at radius 3 is 3.00 bits per heavy atom. The molecule has 1 heterocycles. The highest BCUT2D eigenvalue weighted by atomic mass is 127. The smallest absolute Gasteiger partial charge is 0.189 e. The van der Waals surface area contributed by atoms with Crippen molar-refractivity contribution >= 4 is 41.0 Å². The van der Waals surface area contributed by atoms with Crippen molar-refractivity contribution in [2.75, 3.05) is 0 Å². The molecule has 1 aliphatic carbocycles. The molecule has 102 valence electrons. The number of aliphatic imine (C=N–C) groups is 1. The predicted molar refractivity (Wildman–Crippen MR) is 87.7 cm³/mol. The summed E-state index contributed by atoms with van der Waals surface area (Å²) in [5.41, 5.74) is 9.01. The number of aryl methyl sites for hydroxylation is 1. The van der Waals surface area contributed by atoms with Crippen molar-refractivity contribution in [2.24, 2.45) is 10.7 Å². The van der Waals surface area contributed by atoms with Gasteiger partial charge in [-0.25, -0.2) is 9.98 Å². The van der Waals surface area contributed by atoms with Crippen molar-refractivity contribution in [3.05, 3.63) is 29.6 Å². The van der Waals surface area contributed by atoms with Gasteiger partial charge in [0.05, 0.1) is 11.0 Å². The number of nitrogens with one attached hydrogen (secondary N) is 2. The molecule has 1 aromatic heterocycles. The van der Waals surface area contributed by atoms with Gasteiger partial charge in [0, 0.05) is 6.04 Å². The molecule has 0 spiro atoms. The Kier molecular flexibility index (Phi) is 4.28. The number of fused-ring (bicyclic) bond motifs is 1. The Balaban J connectivity index is 0.00000133. The second kappa shape index (κ2) is 5.77. The number of guanidine groups is 1. The monoisotopic (exact) mass is 371 g/mol. The average Bonchev–Trinajstić information content (AvgIpc) is 3.04. The second-order valence-corrected chi connectivity index (χ2v) is 4.77. The summed E-state index contributed by atoms with van der Waals surface area (Å²) >= 11 is 0. The lowest BCUT2D eigenvalue weighted by molar-refractivity contribution is 0.866. The fourth-order valence-electron chi connectivity index (χ4n) is 1.94. The van der Waals surface area contributed by atoms with Gasteiger partial charge in [-0.05, 0) is 31.4 Å². The van der Waals surface area contributed by atoms with Gasteiger partial charge in [0.15, 0.2) is 5.96 Å². The van der Waals surface area contributed by atoms with E-state index >= 15 is 0 Å². The van der Waals surface area contributed by atoms with Crippen LogP contribution in [0.5, 0.6) is 0 Å². The minimum absolute atomic E-state index is 0. The van der Waals surface area contributed by atoms with Crippen molar-refractivity contribution in [1.82, 2.24) is 15.3 Å². The summed E-state index contributed by atoms with van der Waals surface area (Å²) in [7, 11) is 0. The molecule has 4 N–H and O–H groups in total. The lowest BCUT2D eigenvalue weighted by Crippen LogP contribution is -2.33. The van der Waals surface area contributed by atoms with Gasteiger partial charge in [0.25, 0.3) is 0 Å². The Bertz CT molecular complexity index is 600. The topological polar surface area (TPSA) is 79.1 Å². The predicted octanol–water partition coefficient (Wildman–Crippen LogP) is 2.06. The van der Waals surface area contributed by atoms with E-state index in [0.717, 1.165) is 16.9 Å². The molecule has 2 aromatic rings. The van der Waals surface area contributed by atoms with Crippen LogP contribution in [0.4, 0.5) is 0 Å². The number of nitrogens with two attached hydrogens (primary N) is 1. The average molecular weight is 371 g/mol. The Labute approximate surface area is 129 Å². The van der Waals surface area contributed by atoms with Gasteiger partial charge in [0.1, 0.15) is 12.4 Å². The van der Waals surface area contributed by atoms with Crippen molar-refractivity contribution in [2.45, 2.75) is 32.4 Å². The molecule has 1 saturated carbocycles. The van der Waals surface area contributed by atoms with Crippen molar-refractivity contribution in [1.29, 1.82) is 0 Å². The van der Waals surface area contributed by atoms with Crippen LogP contribution in [0.15, 0.2) is 23.2 Å². The number of imidazole rings is 1. The summed E-state index contributed by atoms with van der Waals surface area (Å²) in [5.74, 6) is 1.36. The highest BCUT2D eigenvalue weighted by Crippen LogP contribution is 2.18. The molecule has 0 unspecified atom stereocenters. The fourth-order valence-corrected chi connectivity index (χ4v) is 1.94. The molecule has 1 aromatic carbocycles. The maximum Gasteiger partial charge on any atom is 0.189 e. The van der Waals surface area contributed by atoms with Crippen LogP contribution >= 0.6 is 24.0 Å². The van der Waals surface area contributed by atoms with E-state index in [1.165, 1.54) is 18.4 Å². The van der Waals surface area contributed by atoms with E-state index in [9.17, 15) is 0 Å². The van der Waals surface area contributed by atoms with Crippen LogP contribution in [0.2, 0.25) is 0 Å². The number of halogens is 1. The van der Waals surface area contributed by atoms with Crippen LogP contribution in [-0.4, -0.2) is 22.0 Å². The molecule has 3 rings (SSSR count). The van der Waals surface area contributed by atoms with E-state index < -0.39 is 0 Å². The number of aromatic amines is 1. The minimum atomic E-state index is 0. The van der Waals surface area contributed by atoms with Gasteiger partial charge in [-0.2, -0.15) is 0 Å². The summed E-state index contributed by atoms with van der Waals surface area (Å²) < 4.78 is 0. The molecule has 5 nitrogen and oxygen atoms in total. The number of hydrogen-bond donors (Lipinski definition) is 3. The first-order valence-electron chi connectivity index (χ1n) is 6.23. The molecule has 0 saturated heterocycles. The van der Waals surface area contributed by atoms with Crippen LogP contribution in [0, 0.1) is 6.92 Å². The first-order valence-corrected chi connectivity index (χ1v) is 6.23. The third kappa shape index (κ3) is 3.37. The van der Waals surface area contributed by atoms with Crippen LogP contribution in [-0.2, 0) is 6.54 Å². The zero-order valence-electron chi connectivity index (χ0n) is 10.8. The highest BCUT2D eigenvalue weighted by Gasteiger charge is 2.21. The number of nitrogens with zero attached hydrogens (tertiary/aromatic N) is 2. The highest BCUT2D eigenvalue weighted by molar-refractivity contribution is 14.0. The fraction of sp³-hybridized carbons (Fsp3) is 0.385. The van der Waals surface area contributed by atoms with Crippen molar-refractivity contribution in [3.63, 3.8) is 0 Å². The molecule has 6 heteroatoms. The number of aromatic nitrogens is 2. The first-order chi connectivity index (χ1) is 8.72. The van der Waals surface area contributed by atoms with E-state index in [0.29, 0.717) is 18.5 Å². The van der Waals surface area contributed by atoms with Gasteiger partial charge < -0.3 is 16.0 Å². The maximum absolute atomic E-state index is 5.78. The lowest BCUT2D eigenvalue weighted by atomic mass is 10.2. The number of benzene rings is 1. The summed E-state index contributed by atoms with van der Waals surface area (Å²) in [4.78, 5) is 12.1. The summed E-state index contributed by atoms with van der Waals surface area (Å²) in [5, 5.41) is 3.16. The zero-order chi connectivity index (χ0) is 12.5. The second-order valence-electron chi connectivity index (χ2n) is 4.77. The van der Waals surface area contributed by atoms with Crippen LogP contribution in [0.25, 0.3) is 11.0 Å². The van der Waals surface area contributed by atoms with E-state index in [-0.39, 0.29) is 24.0 Å². The number of para-hydroxylation sites is 1. The Morgan fingerprint density at radius 2 is 2.32 bits per heavy atom. The molecular weight excluding hydrogens is 353 g/mol. The molecule has 0 atom stereocenters. The maximum atomic E-state index is 5.78. The van der Waals surface area contributed by atoms with Gasteiger partial charge in [-0.15, -0.1) is 24.0 Å². The number of rotatable bonds is 3. The van der Waals surface area contributed by atoms with E-state index in [4.69, 9.17) is 5.73 Å². The molecular formula is C13H18IN5. The quantitative estimate of drug-likeness (QED) is 0.439. The van der Waals surface area contributed by atoms with Crippen molar-refractivity contribution in [3.8, 4) is 0 Å². The van der Waals surface area contributed by atoms with Crippen LogP contribution in [0.1, 0.15) is 24.2 Å². The standard InChI is InChI=1S/C13H17N5.HI/c1-8-3-2-4-10-12(8)18-11(17-10)7-15-13(14)16-9-5-6-9;/h2-4,9H,5-7H2,1H3,(H,17,18)(H3,14,15,16);1H. The molecule has 19 heavy (non-hydrogen) atoms. The lowest BCUT2D eigenvalue weighted by Gasteiger charge is -2.01. The van der Waals surface area contributed by atoms with E-state index in [2.05, 4.69) is 33.3 Å². The zero-order valence-corrected chi connectivity index (χ0v) is 13.1. The number of hydrogen-bond acceptors (Lipinski definition) is 2. The molecule has 0 aliphatic heterocycles. The van der Waals surface area contributed by atoms with Gasteiger partial charge in [-0.3, -0.25) is 0 Å². The third-order valence-corrected chi connectivity index (χ3v) is 3.09. The first kappa shape index (κ1) is 14.1. The van der Waals surface area contributed by atoms with E-state index in [1.54, 1.807) is 0 Å². The number of H-pyrrole nitrogens is 1. The van der Waals surface area contributed by atoms with Crippen LogP contribution < -0.4 is 11.1 Å². The summed E-state index contributed by atoms with van der Waals surface area (Å²) in [6.07, 6.45) is 2.39. The molecule has 1 fully saturated rings. The van der Waals surface area contributed by atoms with E-state index in [1.807, 2.05) is 12.1 Å². The van der Waals surface area contributed by atoms with Gasteiger partial charge >= 0.3 is 0 Å². The summed E-state index contributed by atoms with van der Waals surface area (Å²) in [6.45, 7) is 2.54. The molecule has 0 bridgehead atoms. The third-order valence-electron chi connectivity index (χ3n) is 3.09. The molecule has 1 aliphatic rings. The molecule has 0 radical (unpaired) electrons. The largest absolute Gasteiger partial charge is 0.370 e. The molecule has 0 amide bonds. The summed E-state index contributed by atoms with van der Waals surface area (Å²) in [6, 6.07) is 6.63. The Morgan fingerprint density at radius 1 is 1.53 bits per heavy atom. The Hall–Kier alpha value is -1.31. The van der Waals surface area contributed by atoms with Crippen LogP contribution in [0.3, 0.4) is 0 Å². The van der Waals surface area contributed by atoms with Gasteiger partial charge in [-0.1, -0.05) is 12.1 Å². The van der Waals surface area contributed by atoms with Crippen molar-refractivity contribution < 1.29 is 0 Å². The van der Waals surface area contributed by atoms with Gasteiger partial charge in [0.2, 0.25) is 0 Å². The minimum Gasteiger partial charge on any atom is -0.370 e. The normalized spacial score (nSPS) is 15.3.